The number of benzene rings is 2. The number of hydrogen-bond acceptors (Lipinski definition) is 3. The molecule has 120 valence electrons. The van der Waals surface area contributed by atoms with Gasteiger partial charge >= 0.3 is 6.03 Å². The van der Waals surface area contributed by atoms with Gasteiger partial charge in [0.25, 0.3) is 0 Å². The molecule has 0 aliphatic carbocycles. The highest BCUT2D eigenvalue weighted by atomic mass is 16.5. The quantitative estimate of drug-likeness (QED) is 0.813. The van der Waals surface area contributed by atoms with Crippen LogP contribution < -0.4 is 10.6 Å². The zero-order chi connectivity index (χ0) is 16.3. The average molecular weight is 312 g/mol. The van der Waals surface area contributed by atoms with Gasteiger partial charge in [-0.2, -0.15) is 0 Å². The zero-order valence-electron chi connectivity index (χ0n) is 13.0. The van der Waals surface area contributed by atoms with E-state index in [2.05, 4.69) is 10.6 Å². The second-order valence-corrected chi connectivity index (χ2v) is 5.92. The minimum absolute atomic E-state index is 0.122. The Kier molecular flexibility index (Phi) is 4.32. The van der Waals surface area contributed by atoms with Gasteiger partial charge < -0.3 is 20.5 Å². The Morgan fingerprint density at radius 3 is 2.70 bits per heavy atom. The van der Waals surface area contributed by atoms with E-state index in [0.29, 0.717) is 18.9 Å². The lowest BCUT2D eigenvalue weighted by atomic mass is 9.96. The van der Waals surface area contributed by atoms with Crippen LogP contribution in [0.15, 0.2) is 48.5 Å². The van der Waals surface area contributed by atoms with Crippen molar-refractivity contribution in [2.24, 2.45) is 0 Å². The van der Waals surface area contributed by atoms with E-state index >= 15 is 0 Å². The number of rotatable bonds is 4. The number of amides is 2. The van der Waals surface area contributed by atoms with E-state index in [4.69, 9.17) is 4.74 Å². The van der Waals surface area contributed by atoms with Crippen LogP contribution in [0.5, 0.6) is 0 Å². The SMILES string of the molecule is CC(O)(CNC(=O)Nc1ccc2c(c1)COC2)c1ccccc1. The van der Waals surface area contributed by atoms with Gasteiger partial charge in [0.15, 0.2) is 0 Å². The van der Waals surface area contributed by atoms with Crippen molar-refractivity contribution in [1.82, 2.24) is 5.32 Å². The summed E-state index contributed by atoms with van der Waals surface area (Å²) in [5.74, 6) is 0. The number of fused-ring (bicyclic) bond motifs is 1. The summed E-state index contributed by atoms with van der Waals surface area (Å²) in [7, 11) is 0. The highest BCUT2D eigenvalue weighted by molar-refractivity contribution is 5.89. The van der Waals surface area contributed by atoms with Crippen LogP contribution in [-0.4, -0.2) is 17.7 Å². The van der Waals surface area contributed by atoms with Crippen molar-refractivity contribution in [3.8, 4) is 0 Å². The van der Waals surface area contributed by atoms with Crippen molar-refractivity contribution >= 4 is 11.7 Å². The lowest BCUT2D eigenvalue weighted by Crippen LogP contribution is -2.40. The maximum atomic E-state index is 12.0. The molecule has 23 heavy (non-hydrogen) atoms. The molecule has 1 atom stereocenters. The molecule has 0 spiro atoms. The molecule has 5 heteroatoms. The number of aliphatic hydroxyl groups is 1. The fourth-order valence-electron chi connectivity index (χ4n) is 2.58. The maximum absolute atomic E-state index is 12.0. The molecular formula is C18H20N2O3. The minimum atomic E-state index is -1.12. The molecule has 1 heterocycles. The highest BCUT2D eigenvalue weighted by Crippen LogP contribution is 2.23. The summed E-state index contributed by atoms with van der Waals surface area (Å²) < 4.78 is 5.35. The standard InChI is InChI=1S/C18H20N2O3/c1-18(22,15-5-3-2-4-6-15)12-19-17(21)20-16-8-7-13-10-23-11-14(13)9-16/h2-9,22H,10-12H2,1H3,(H2,19,20,21). The summed E-state index contributed by atoms with van der Waals surface area (Å²) in [5, 5.41) is 16.0. The average Bonchev–Trinajstić information content (AvgIpc) is 3.02. The van der Waals surface area contributed by atoms with Gasteiger partial charge in [0, 0.05) is 5.69 Å². The van der Waals surface area contributed by atoms with Crippen molar-refractivity contribution in [1.29, 1.82) is 0 Å². The Morgan fingerprint density at radius 2 is 1.91 bits per heavy atom. The van der Waals surface area contributed by atoms with Crippen molar-refractivity contribution in [2.75, 3.05) is 11.9 Å². The second-order valence-electron chi connectivity index (χ2n) is 5.92. The number of hydrogen-bond donors (Lipinski definition) is 3. The summed E-state index contributed by atoms with van der Waals surface area (Å²) in [6.07, 6.45) is 0. The van der Waals surface area contributed by atoms with Gasteiger partial charge in [-0.15, -0.1) is 0 Å². The second kappa shape index (κ2) is 6.40. The van der Waals surface area contributed by atoms with Gasteiger partial charge in [-0.25, -0.2) is 4.79 Å². The molecular weight excluding hydrogens is 292 g/mol. The Morgan fingerprint density at radius 1 is 1.17 bits per heavy atom. The molecule has 1 aliphatic heterocycles. The van der Waals surface area contributed by atoms with E-state index in [0.717, 1.165) is 16.7 Å². The largest absolute Gasteiger partial charge is 0.384 e. The molecule has 1 unspecified atom stereocenters. The molecule has 0 fully saturated rings. The fourth-order valence-corrected chi connectivity index (χ4v) is 2.58. The molecule has 0 saturated carbocycles. The number of urea groups is 1. The summed E-state index contributed by atoms with van der Waals surface area (Å²) in [5.41, 5.74) is 2.60. The van der Waals surface area contributed by atoms with Gasteiger partial charge in [-0.1, -0.05) is 36.4 Å². The van der Waals surface area contributed by atoms with E-state index < -0.39 is 5.60 Å². The number of nitrogens with one attached hydrogen (secondary N) is 2. The summed E-state index contributed by atoms with van der Waals surface area (Å²) in [4.78, 5) is 12.0. The Bertz CT molecular complexity index is 699. The normalized spacial score (nSPS) is 15.6. The van der Waals surface area contributed by atoms with Crippen molar-refractivity contribution in [3.05, 3.63) is 65.2 Å². The molecule has 2 aromatic rings. The highest BCUT2D eigenvalue weighted by Gasteiger charge is 2.23. The van der Waals surface area contributed by atoms with Crippen molar-refractivity contribution < 1.29 is 14.6 Å². The van der Waals surface area contributed by atoms with Crippen LogP contribution in [0.4, 0.5) is 10.5 Å². The van der Waals surface area contributed by atoms with E-state index in [9.17, 15) is 9.90 Å². The molecule has 0 aromatic heterocycles. The Hall–Kier alpha value is -2.37. The number of ether oxygens (including phenoxy) is 1. The third-order valence-electron chi connectivity index (χ3n) is 3.97. The van der Waals surface area contributed by atoms with Crippen LogP contribution in [-0.2, 0) is 23.6 Å². The van der Waals surface area contributed by atoms with Crippen LogP contribution in [0.25, 0.3) is 0 Å². The van der Waals surface area contributed by atoms with Gasteiger partial charge in [-0.3, -0.25) is 0 Å². The summed E-state index contributed by atoms with van der Waals surface area (Å²) >= 11 is 0. The molecule has 2 aromatic carbocycles. The minimum Gasteiger partial charge on any atom is -0.384 e. The Labute approximate surface area is 135 Å². The first-order chi connectivity index (χ1) is 11.0. The van der Waals surface area contributed by atoms with E-state index in [1.54, 1.807) is 6.92 Å². The molecule has 0 radical (unpaired) electrons. The predicted octanol–water partition coefficient (Wildman–Crippen LogP) is 2.75. The van der Waals surface area contributed by atoms with E-state index in [1.807, 2.05) is 48.5 Å². The van der Waals surface area contributed by atoms with Gasteiger partial charge in [0.1, 0.15) is 5.60 Å². The molecule has 0 saturated heterocycles. The number of carbonyl (C=O) groups excluding carboxylic acids is 1. The van der Waals surface area contributed by atoms with Gasteiger partial charge in [-0.05, 0) is 35.7 Å². The van der Waals surface area contributed by atoms with Crippen LogP contribution in [0.2, 0.25) is 0 Å². The van der Waals surface area contributed by atoms with Crippen LogP contribution in [0.1, 0.15) is 23.6 Å². The van der Waals surface area contributed by atoms with Crippen LogP contribution >= 0.6 is 0 Å². The summed E-state index contributed by atoms with van der Waals surface area (Å²) in [6.45, 7) is 3.00. The molecule has 1 aliphatic rings. The monoisotopic (exact) mass is 312 g/mol. The Balaban J connectivity index is 1.57. The molecule has 2 amide bonds. The van der Waals surface area contributed by atoms with Gasteiger partial charge in [0.05, 0.1) is 19.8 Å². The molecule has 5 nitrogen and oxygen atoms in total. The van der Waals surface area contributed by atoms with Crippen LogP contribution in [0, 0.1) is 0 Å². The topological polar surface area (TPSA) is 70.6 Å². The molecule has 3 N–H and O–H groups in total. The first kappa shape index (κ1) is 15.5. The molecule has 3 rings (SSSR count). The lowest BCUT2D eigenvalue weighted by Gasteiger charge is -2.24. The maximum Gasteiger partial charge on any atom is 0.319 e. The summed E-state index contributed by atoms with van der Waals surface area (Å²) in [6, 6.07) is 14.6. The first-order valence-electron chi connectivity index (χ1n) is 7.57. The van der Waals surface area contributed by atoms with Gasteiger partial charge in [0.2, 0.25) is 0 Å². The molecule has 0 bridgehead atoms. The van der Waals surface area contributed by atoms with Crippen molar-refractivity contribution in [2.45, 2.75) is 25.7 Å². The van der Waals surface area contributed by atoms with E-state index in [-0.39, 0.29) is 12.6 Å². The first-order valence-corrected chi connectivity index (χ1v) is 7.57. The smallest absolute Gasteiger partial charge is 0.319 e. The zero-order valence-corrected chi connectivity index (χ0v) is 13.0. The van der Waals surface area contributed by atoms with Crippen molar-refractivity contribution in [3.63, 3.8) is 0 Å². The van der Waals surface area contributed by atoms with Crippen LogP contribution in [0.3, 0.4) is 0 Å². The number of anilines is 1. The number of carbonyl (C=O) groups is 1. The van der Waals surface area contributed by atoms with E-state index in [1.165, 1.54) is 0 Å². The predicted molar refractivity (Wildman–Crippen MR) is 88.0 cm³/mol. The third kappa shape index (κ3) is 3.70. The fraction of sp³-hybridized carbons (Fsp3) is 0.278. The lowest BCUT2D eigenvalue weighted by molar-refractivity contribution is 0.0599. The third-order valence-corrected chi connectivity index (χ3v) is 3.97.